The number of para-hydroxylation sites is 2. The van der Waals surface area contributed by atoms with E-state index in [0.717, 1.165) is 32.1 Å². The van der Waals surface area contributed by atoms with Gasteiger partial charge in [0.15, 0.2) is 0 Å². The summed E-state index contributed by atoms with van der Waals surface area (Å²) in [5.41, 5.74) is 13.5. The molecule has 5 aromatic rings. The zero-order chi connectivity index (χ0) is 36.4. The van der Waals surface area contributed by atoms with Gasteiger partial charge in [-0.05, 0) is 114 Å². The Morgan fingerprint density at radius 3 is 1.61 bits per heavy atom. The normalized spacial score (nSPS) is 16.7. The number of hydrogen-bond donors (Lipinski definition) is 0. The molecule has 0 bridgehead atoms. The van der Waals surface area contributed by atoms with E-state index < -0.39 is 0 Å². The molecule has 1 unspecified atom stereocenters. The number of allylic oxidation sites excluding steroid dienone is 10. The van der Waals surface area contributed by atoms with Gasteiger partial charge in [0.25, 0.3) is 0 Å². The van der Waals surface area contributed by atoms with Crippen molar-refractivity contribution in [1.29, 1.82) is 0 Å². The fourth-order valence-corrected chi connectivity index (χ4v) is 7.37. The second kappa shape index (κ2) is 17.0. The zero-order valence-electron chi connectivity index (χ0n) is 30.7. The van der Waals surface area contributed by atoms with Crippen molar-refractivity contribution >= 4 is 35.3 Å². The predicted molar refractivity (Wildman–Crippen MR) is 232 cm³/mol. The number of anilines is 3. The minimum absolute atomic E-state index is 0.264. The summed E-state index contributed by atoms with van der Waals surface area (Å²) in [6.07, 6.45) is 34.6. The van der Waals surface area contributed by atoms with E-state index in [1.165, 1.54) is 61.8 Å². The Morgan fingerprint density at radius 1 is 0.500 bits per heavy atom. The standard InChI is InChI=1S/C52H46N2/c1-5-13-47(14-6-1)53(48-15-7-2-8-16-48)51-37-29-43(30-38-51)23-21-41-25-33-45(34-26-41)46-35-27-42(28-36-46)22-24-44-31-39-52(40-32-44)54(49-17-9-3-10-18-49)50-19-11-4-12-20-50/h1-3,5-9,11,13-17,19-37,39-40,51H,4,10,12,18,38H2/b23-21+,24-22+. The predicted octanol–water partition coefficient (Wildman–Crippen LogP) is 13.9. The van der Waals surface area contributed by atoms with Crippen molar-refractivity contribution in [3.05, 3.63) is 228 Å². The smallest absolute Gasteiger partial charge is 0.0560 e. The maximum Gasteiger partial charge on any atom is 0.0560 e. The molecule has 0 spiro atoms. The second-order valence-electron chi connectivity index (χ2n) is 14.0. The molecule has 2 heteroatoms. The quantitative estimate of drug-likeness (QED) is 0.127. The highest BCUT2D eigenvalue weighted by atomic mass is 15.2. The summed E-state index contributed by atoms with van der Waals surface area (Å²) in [6, 6.07) is 48.2. The fourth-order valence-electron chi connectivity index (χ4n) is 7.37. The third-order valence-corrected chi connectivity index (χ3v) is 10.3. The highest BCUT2D eigenvalue weighted by molar-refractivity contribution is 5.74. The lowest BCUT2D eigenvalue weighted by atomic mass is 9.99. The first-order valence-electron chi connectivity index (χ1n) is 19.2. The van der Waals surface area contributed by atoms with Crippen LogP contribution in [-0.4, -0.2) is 6.04 Å². The first kappa shape index (κ1) is 34.7. The summed E-state index contributed by atoms with van der Waals surface area (Å²) in [6.45, 7) is 0. The molecular formula is C52H46N2. The summed E-state index contributed by atoms with van der Waals surface area (Å²) < 4.78 is 0. The Morgan fingerprint density at radius 2 is 1.09 bits per heavy atom. The van der Waals surface area contributed by atoms with E-state index in [-0.39, 0.29) is 6.04 Å². The Bertz CT molecular complexity index is 2220. The van der Waals surface area contributed by atoms with Crippen LogP contribution >= 0.6 is 0 Å². The van der Waals surface area contributed by atoms with Gasteiger partial charge in [-0.2, -0.15) is 0 Å². The molecule has 5 aromatic carbocycles. The molecule has 3 aliphatic rings. The Labute approximate surface area is 321 Å². The van der Waals surface area contributed by atoms with Crippen LogP contribution in [0, 0.1) is 0 Å². The molecule has 0 saturated carbocycles. The molecule has 3 aliphatic carbocycles. The van der Waals surface area contributed by atoms with E-state index in [2.05, 4.69) is 222 Å². The number of hydrogen-bond acceptors (Lipinski definition) is 2. The van der Waals surface area contributed by atoms with Crippen LogP contribution in [0.1, 0.15) is 48.8 Å². The van der Waals surface area contributed by atoms with Gasteiger partial charge in [-0.15, -0.1) is 0 Å². The van der Waals surface area contributed by atoms with Crippen LogP contribution in [0.25, 0.3) is 29.4 Å². The maximum absolute atomic E-state index is 2.42. The van der Waals surface area contributed by atoms with Crippen LogP contribution in [-0.2, 0) is 0 Å². The number of nitrogens with zero attached hydrogens (tertiary/aromatic N) is 2. The van der Waals surface area contributed by atoms with Crippen LogP contribution < -0.4 is 9.80 Å². The van der Waals surface area contributed by atoms with Gasteiger partial charge in [0.05, 0.1) is 6.04 Å². The number of rotatable bonds is 11. The van der Waals surface area contributed by atoms with Gasteiger partial charge < -0.3 is 9.80 Å². The van der Waals surface area contributed by atoms with E-state index in [1.807, 2.05) is 0 Å². The van der Waals surface area contributed by atoms with Gasteiger partial charge in [-0.1, -0.05) is 164 Å². The zero-order valence-corrected chi connectivity index (χ0v) is 30.7. The van der Waals surface area contributed by atoms with Crippen molar-refractivity contribution in [1.82, 2.24) is 0 Å². The van der Waals surface area contributed by atoms with Crippen LogP contribution in [0.3, 0.4) is 0 Å². The summed E-state index contributed by atoms with van der Waals surface area (Å²) >= 11 is 0. The van der Waals surface area contributed by atoms with Gasteiger partial charge in [0.2, 0.25) is 0 Å². The van der Waals surface area contributed by atoms with Crippen LogP contribution in [0.2, 0.25) is 0 Å². The molecule has 8 rings (SSSR count). The van der Waals surface area contributed by atoms with Crippen LogP contribution in [0.5, 0.6) is 0 Å². The molecule has 264 valence electrons. The molecular weight excluding hydrogens is 653 g/mol. The molecule has 0 aliphatic heterocycles. The Kier molecular flexibility index (Phi) is 10.9. The highest BCUT2D eigenvalue weighted by Gasteiger charge is 2.20. The van der Waals surface area contributed by atoms with E-state index >= 15 is 0 Å². The van der Waals surface area contributed by atoms with Crippen molar-refractivity contribution < 1.29 is 0 Å². The first-order valence-corrected chi connectivity index (χ1v) is 19.2. The lowest BCUT2D eigenvalue weighted by Gasteiger charge is -2.33. The van der Waals surface area contributed by atoms with Crippen molar-refractivity contribution in [3.63, 3.8) is 0 Å². The van der Waals surface area contributed by atoms with E-state index in [0.29, 0.717) is 0 Å². The maximum atomic E-state index is 2.42. The van der Waals surface area contributed by atoms with Crippen molar-refractivity contribution in [2.24, 2.45) is 0 Å². The van der Waals surface area contributed by atoms with Gasteiger partial charge in [-0.25, -0.2) is 0 Å². The average Bonchev–Trinajstić information content (AvgIpc) is 3.25. The minimum atomic E-state index is 0.264. The van der Waals surface area contributed by atoms with Gasteiger partial charge in [0.1, 0.15) is 0 Å². The lowest BCUT2D eigenvalue weighted by Crippen LogP contribution is -2.30. The Hall–Kier alpha value is -6.38. The molecule has 0 fully saturated rings. The third-order valence-electron chi connectivity index (χ3n) is 10.3. The lowest BCUT2D eigenvalue weighted by molar-refractivity contribution is 0.782. The minimum Gasteiger partial charge on any atom is -0.334 e. The van der Waals surface area contributed by atoms with Gasteiger partial charge in [-0.3, -0.25) is 0 Å². The summed E-state index contributed by atoms with van der Waals surface area (Å²) in [4.78, 5) is 4.84. The van der Waals surface area contributed by atoms with Gasteiger partial charge in [0, 0.05) is 28.5 Å². The van der Waals surface area contributed by atoms with Crippen molar-refractivity contribution in [3.8, 4) is 11.1 Å². The molecule has 0 heterocycles. The summed E-state index contributed by atoms with van der Waals surface area (Å²) in [5, 5.41) is 0. The molecule has 2 nitrogen and oxygen atoms in total. The third kappa shape index (κ3) is 8.46. The molecule has 0 radical (unpaired) electrons. The SMILES string of the molecule is C1=CCCC(N(C2=CCCC=C2)c2ccc(/C=C/c3ccc(-c4ccc(/C=C/C5=CCC(N(c6ccccc6)c6ccccc6)C=C5)cc4)cc3)cc2)=C1. The first-order chi connectivity index (χ1) is 26.8. The molecule has 0 N–H and O–H groups in total. The van der Waals surface area contributed by atoms with Crippen molar-refractivity contribution in [2.75, 3.05) is 9.80 Å². The topological polar surface area (TPSA) is 6.48 Å². The largest absolute Gasteiger partial charge is 0.334 e. The van der Waals surface area contributed by atoms with E-state index in [9.17, 15) is 0 Å². The molecule has 0 amide bonds. The molecule has 1 atom stereocenters. The van der Waals surface area contributed by atoms with Crippen LogP contribution in [0.4, 0.5) is 17.1 Å². The Balaban J connectivity index is 0.878. The summed E-state index contributed by atoms with van der Waals surface area (Å²) in [7, 11) is 0. The second-order valence-corrected chi connectivity index (χ2v) is 14.0. The molecule has 0 saturated heterocycles. The fraction of sp³-hybridized carbons (Fsp3) is 0.115. The van der Waals surface area contributed by atoms with E-state index in [1.54, 1.807) is 0 Å². The van der Waals surface area contributed by atoms with E-state index in [4.69, 9.17) is 0 Å². The molecule has 54 heavy (non-hydrogen) atoms. The number of benzene rings is 5. The molecule has 0 aromatic heterocycles. The summed E-state index contributed by atoms with van der Waals surface area (Å²) in [5.74, 6) is 0. The van der Waals surface area contributed by atoms with Crippen molar-refractivity contribution in [2.45, 2.75) is 38.1 Å². The van der Waals surface area contributed by atoms with Crippen LogP contribution in [0.15, 0.2) is 211 Å². The average molecular weight is 699 g/mol. The van der Waals surface area contributed by atoms with Gasteiger partial charge >= 0.3 is 0 Å². The monoisotopic (exact) mass is 698 g/mol. The highest BCUT2D eigenvalue weighted by Crippen LogP contribution is 2.33.